The molecule has 0 N–H and O–H groups in total. The summed E-state index contributed by atoms with van der Waals surface area (Å²) in [5.74, 6) is -2.47. The van der Waals surface area contributed by atoms with E-state index in [0.717, 1.165) is 22.3 Å². The number of rotatable bonds is 5. The first kappa shape index (κ1) is 19.1. The molecule has 6 nitrogen and oxygen atoms in total. The zero-order valence-corrected chi connectivity index (χ0v) is 14.5. The lowest BCUT2D eigenvalue weighted by Gasteiger charge is -2.07. The first-order chi connectivity index (χ1) is 12.3. The van der Waals surface area contributed by atoms with E-state index in [-0.39, 0.29) is 12.8 Å². The summed E-state index contributed by atoms with van der Waals surface area (Å²) >= 11 is 0. The van der Waals surface area contributed by atoms with Crippen LogP contribution in [-0.2, 0) is 41.5 Å². The zero-order valence-electron chi connectivity index (χ0n) is 14.5. The molecular formula is C20H18O6. The number of hydrogen-bond acceptors (Lipinski definition) is 6. The van der Waals surface area contributed by atoms with Crippen LogP contribution in [0.4, 0.5) is 0 Å². The lowest BCUT2D eigenvalue weighted by Crippen LogP contribution is -2.11. The summed E-state index contributed by atoms with van der Waals surface area (Å²) < 4.78 is 9.04. The molecule has 0 aliphatic heterocycles. The molecule has 0 atom stereocenters. The maximum atomic E-state index is 11.6. The molecule has 6 heteroatoms. The van der Waals surface area contributed by atoms with Gasteiger partial charge in [-0.3, -0.25) is 19.2 Å². The van der Waals surface area contributed by atoms with E-state index in [0.29, 0.717) is 0 Å². The van der Waals surface area contributed by atoms with E-state index < -0.39 is 23.9 Å². The number of esters is 4. The SMILES string of the molecule is CC(=O)OC(=O)Cc1ccc(-c2cccc(CC(=O)OC(C)=O)c2)cc1. The fourth-order valence-corrected chi connectivity index (χ4v) is 2.40. The molecule has 0 aliphatic rings. The normalized spacial score (nSPS) is 10.1. The molecule has 134 valence electrons. The third-order valence-corrected chi connectivity index (χ3v) is 3.43. The first-order valence-corrected chi connectivity index (χ1v) is 7.94. The number of carbonyl (C=O) groups excluding carboxylic acids is 4. The van der Waals surface area contributed by atoms with E-state index in [1.807, 2.05) is 30.3 Å². The molecule has 26 heavy (non-hydrogen) atoms. The smallest absolute Gasteiger partial charge is 0.317 e. The van der Waals surface area contributed by atoms with Crippen molar-refractivity contribution < 1.29 is 28.7 Å². The summed E-state index contributed by atoms with van der Waals surface area (Å²) in [7, 11) is 0. The second kappa shape index (κ2) is 8.71. The highest BCUT2D eigenvalue weighted by Crippen LogP contribution is 2.21. The molecule has 0 saturated carbocycles. The second-order valence-electron chi connectivity index (χ2n) is 5.68. The van der Waals surface area contributed by atoms with Gasteiger partial charge in [-0.25, -0.2) is 0 Å². The van der Waals surface area contributed by atoms with E-state index in [2.05, 4.69) is 9.47 Å². The minimum Gasteiger partial charge on any atom is -0.393 e. The maximum absolute atomic E-state index is 11.6. The van der Waals surface area contributed by atoms with Gasteiger partial charge in [0.25, 0.3) is 0 Å². The molecule has 2 aromatic rings. The number of hydrogen-bond donors (Lipinski definition) is 0. The third kappa shape index (κ3) is 5.98. The van der Waals surface area contributed by atoms with Gasteiger partial charge in [-0.05, 0) is 22.3 Å². The van der Waals surface area contributed by atoms with Crippen LogP contribution in [0.3, 0.4) is 0 Å². The van der Waals surface area contributed by atoms with E-state index in [9.17, 15) is 19.2 Å². The molecule has 0 amide bonds. The molecule has 0 heterocycles. The highest BCUT2D eigenvalue weighted by molar-refractivity contribution is 5.86. The summed E-state index contributed by atoms with van der Waals surface area (Å²) in [6, 6.07) is 14.5. The van der Waals surface area contributed by atoms with Crippen LogP contribution >= 0.6 is 0 Å². The Bertz CT molecular complexity index is 836. The number of benzene rings is 2. The standard InChI is InChI=1S/C20H18O6/c1-13(21)25-19(23)11-15-6-8-17(9-7-15)18-5-3-4-16(10-18)12-20(24)26-14(2)22/h3-10H,11-12H2,1-2H3. The van der Waals surface area contributed by atoms with E-state index in [1.165, 1.54) is 13.8 Å². The Morgan fingerprint density at radius 2 is 1.23 bits per heavy atom. The van der Waals surface area contributed by atoms with Crippen LogP contribution in [0.1, 0.15) is 25.0 Å². The molecule has 0 saturated heterocycles. The van der Waals surface area contributed by atoms with Crippen LogP contribution in [0, 0.1) is 0 Å². The van der Waals surface area contributed by atoms with Crippen molar-refractivity contribution in [2.45, 2.75) is 26.7 Å². The molecule has 0 unspecified atom stereocenters. The average Bonchev–Trinajstić information content (AvgIpc) is 2.54. The average molecular weight is 354 g/mol. The van der Waals surface area contributed by atoms with Gasteiger partial charge in [0.05, 0.1) is 12.8 Å². The van der Waals surface area contributed by atoms with Crippen molar-refractivity contribution in [1.82, 2.24) is 0 Å². The molecule has 0 fully saturated rings. The Balaban J connectivity index is 2.08. The number of carbonyl (C=O) groups is 4. The van der Waals surface area contributed by atoms with Gasteiger partial charge in [-0.1, -0.05) is 48.5 Å². The van der Waals surface area contributed by atoms with Gasteiger partial charge in [0.1, 0.15) is 0 Å². The Morgan fingerprint density at radius 1 is 0.692 bits per heavy atom. The van der Waals surface area contributed by atoms with Gasteiger partial charge >= 0.3 is 23.9 Å². The highest BCUT2D eigenvalue weighted by Gasteiger charge is 2.10. The lowest BCUT2D eigenvalue weighted by atomic mass is 10.00. The van der Waals surface area contributed by atoms with Crippen molar-refractivity contribution in [3.05, 3.63) is 59.7 Å². The molecule has 0 radical (unpaired) electrons. The van der Waals surface area contributed by atoms with Gasteiger partial charge in [0, 0.05) is 13.8 Å². The molecular weight excluding hydrogens is 336 g/mol. The van der Waals surface area contributed by atoms with Gasteiger partial charge in [0.2, 0.25) is 0 Å². The Morgan fingerprint density at radius 3 is 1.77 bits per heavy atom. The Hall–Kier alpha value is -3.28. The lowest BCUT2D eigenvalue weighted by molar-refractivity contribution is -0.159. The largest absolute Gasteiger partial charge is 0.393 e. The molecule has 0 aliphatic carbocycles. The second-order valence-corrected chi connectivity index (χ2v) is 5.68. The van der Waals surface area contributed by atoms with E-state index >= 15 is 0 Å². The van der Waals surface area contributed by atoms with Crippen LogP contribution in [0.5, 0.6) is 0 Å². The molecule has 2 rings (SSSR count). The van der Waals surface area contributed by atoms with Crippen LogP contribution in [0.25, 0.3) is 11.1 Å². The van der Waals surface area contributed by atoms with Crippen LogP contribution in [0.15, 0.2) is 48.5 Å². The van der Waals surface area contributed by atoms with Gasteiger partial charge in [-0.15, -0.1) is 0 Å². The van der Waals surface area contributed by atoms with Gasteiger partial charge < -0.3 is 9.47 Å². The van der Waals surface area contributed by atoms with Crippen LogP contribution in [0.2, 0.25) is 0 Å². The van der Waals surface area contributed by atoms with Crippen LogP contribution < -0.4 is 0 Å². The Labute approximate surface area is 150 Å². The van der Waals surface area contributed by atoms with Crippen molar-refractivity contribution in [2.24, 2.45) is 0 Å². The van der Waals surface area contributed by atoms with Gasteiger partial charge in [-0.2, -0.15) is 0 Å². The number of ether oxygens (including phenoxy) is 2. The minimum absolute atomic E-state index is 0.00237. The van der Waals surface area contributed by atoms with Crippen molar-refractivity contribution in [2.75, 3.05) is 0 Å². The van der Waals surface area contributed by atoms with Crippen molar-refractivity contribution >= 4 is 23.9 Å². The zero-order chi connectivity index (χ0) is 19.1. The predicted octanol–water partition coefficient (Wildman–Crippen LogP) is 2.62. The quantitative estimate of drug-likeness (QED) is 0.606. The molecule has 0 bridgehead atoms. The fourth-order valence-electron chi connectivity index (χ4n) is 2.40. The summed E-state index contributed by atoms with van der Waals surface area (Å²) in [5.41, 5.74) is 3.23. The van der Waals surface area contributed by atoms with Crippen molar-refractivity contribution in [3.8, 4) is 11.1 Å². The van der Waals surface area contributed by atoms with Crippen molar-refractivity contribution in [1.29, 1.82) is 0 Å². The maximum Gasteiger partial charge on any atom is 0.317 e. The Kier molecular flexibility index (Phi) is 6.38. The molecule has 0 spiro atoms. The first-order valence-electron chi connectivity index (χ1n) is 7.94. The third-order valence-electron chi connectivity index (χ3n) is 3.43. The molecule has 2 aromatic carbocycles. The predicted molar refractivity (Wildman–Crippen MR) is 92.8 cm³/mol. The highest BCUT2D eigenvalue weighted by atomic mass is 16.6. The monoisotopic (exact) mass is 354 g/mol. The van der Waals surface area contributed by atoms with E-state index in [1.54, 1.807) is 18.2 Å². The van der Waals surface area contributed by atoms with E-state index in [4.69, 9.17) is 0 Å². The summed E-state index contributed by atoms with van der Waals surface area (Å²) in [6.45, 7) is 2.36. The fraction of sp³-hybridized carbons (Fsp3) is 0.200. The topological polar surface area (TPSA) is 86.7 Å². The summed E-state index contributed by atoms with van der Waals surface area (Å²) in [4.78, 5) is 44.6. The summed E-state index contributed by atoms with van der Waals surface area (Å²) in [5, 5.41) is 0. The van der Waals surface area contributed by atoms with Crippen molar-refractivity contribution in [3.63, 3.8) is 0 Å². The molecule has 0 aromatic heterocycles. The van der Waals surface area contributed by atoms with Crippen LogP contribution in [-0.4, -0.2) is 23.9 Å². The van der Waals surface area contributed by atoms with Gasteiger partial charge in [0.15, 0.2) is 0 Å². The summed E-state index contributed by atoms with van der Waals surface area (Å²) in [6.07, 6.45) is 0.0131. The minimum atomic E-state index is -0.634.